The van der Waals surface area contributed by atoms with E-state index >= 15 is 0 Å². The van der Waals surface area contributed by atoms with E-state index in [1.165, 1.54) is 71.6 Å². The van der Waals surface area contributed by atoms with Gasteiger partial charge in [0.05, 0.1) is 0 Å². The van der Waals surface area contributed by atoms with Crippen LogP contribution in [-0.4, -0.2) is 0 Å². The Morgan fingerprint density at radius 3 is 1.19 bits per heavy atom. The fourth-order valence-corrected chi connectivity index (χ4v) is 6.56. The van der Waals surface area contributed by atoms with Crippen molar-refractivity contribution >= 4 is 21.5 Å². The van der Waals surface area contributed by atoms with Crippen molar-refractivity contribution in [2.24, 2.45) is 0 Å². The van der Waals surface area contributed by atoms with Crippen molar-refractivity contribution in [3.8, 4) is 22.3 Å². The summed E-state index contributed by atoms with van der Waals surface area (Å²) in [6.45, 7) is 0. The average molecular weight is 411 g/mol. The topological polar surface area (TPSA) is 0 Å². The molecule has 0 N–H and O–H groups in total. The lowest BCUT2D eigenvalue weighted by Gasteiger charge is -2.23. The first-order valence-electron chi connectivity index (χ1n) is 12.1. The second-order valence-corrected chi connectivity index (χ2v) is 9.40. The highest BCUT2D eigenvalue weighted by atomic mass is 14.3. The molecule has 0 saturated carbocycles. The molecule has 0 heteroatoms. The number of hydrogen-bond donors (Lipinski definition) is 0. The van der Waals surface area contributed by atoms with Gasteiger partial charge in [-0.05, 0) is 105 Å². The quantitative estimate of drug-likeness (QED) is 0.257. The van der Waals surface area contributed by atoms with Crippen LogP contribution in [0.3, 0.4) is 0 Å². The minimum atomic E-state index is 1.21. The summed E-state index contributed by atoms with van der Waals surface area (Å²) in [7, 11) is 0. The van der Waals surface area contributed by atoms with E-state index in [2.05, 4.69) is 84.9 Å². The Labute approximate surface area is 189 Å². The maximum atomic E-state index is 2.35. The Morgan fingerprint density at radius 2 is 0.750 bits per heavy atom. The Morgan fingerprint density at radius 1 is 0.375 bits per heavy atom. The minimum Gasteiger partial charge on any atom is -0.0622 e. The Balaban J connectivity index is 1.79. The third-order valence-electron chi connectivity index (χ3n) is 7.74. The van der Waals surface area contributed by atoms with E-state index in [0.29, 0.717) is 0 Å². The summed E-state index contributed by atoms with van der Waals surface area (Å²) in [6.07, 6.45) is 7.53. The zero-order valence-electron chi connectivity index (χ0n) is 18.3. The fraction of sp³-hybridized carbons (Fsp3) is 0.188. The SMILES string of the molecule is c1ccc(-c2c3ccccc3c(-c3ccccc3)c3c4c(c5c(c23)CCC5)CCC4)cc1. The lowest BCUT2D eigenvalue weighted by molar-refractivity contribution is 0.889. The van der Waals surface area contributed by atoms with Crippen LogP contribution >= 0.6 is 0 Å². The van der Waals surface area contributed by atoms with Crippen LogP contribution in [0.1, 0.15) is 35.1 Å². The molecule has 5 aromatic rings. The highest BCUT2D eigenvalue weighted by Gasteiger charge is 2.30. The van der Waals surface area contributed by atoms with Crippen LogP contribution in [0.25, 0.3) is 43.8 Å². The maximum Gasteiger partial charge on any atom is -0.00234 e. The van der Waals surface area contributed by atoms with Crippen LogP contribution in [0, 0.1) is 0 Å². The van der Waals surface area contributed by atoms with E-state index in [1.54, 1.807) is 33.0 Å². The van der Waals surface area contributed by atoms with E-state index < -0.39 is 0 Å². The Bertz CT molecular complexity index is 1370. The van der Waals surface area contributed by atoms with Gasteiger partial charge in [0, 0.05) is 0 Å². The van der Waals surface area contributed by atoms with Crippen molar-refractivity contribution < 1.29 is 0 Å². The standard InChI is InChI=1S/C32H26/c1-3-11-21(12-4-1)29-27-15-7-8-16-28(27)30(22-13-5-2-6-14-22)32-26-20-10-18-24(26)23-17-9-19-25(23)31(29)32/h1-8,11-16H,9-10,17-20H2. The molecular weight excluding hydrogens is 384 g/mol. The fourth-order valence-electron chi connectivity index (χ4n) is 6.56. The van der Waals surface area contributed by atoms with Gasteiger partial charge in [-0.15, -0.1) is 0 Å². The van der Waals surface area contributed by atoms with Crippen molar-refractivity contribution in [1.82, 2.24) is 0 Å². The zero-order chi connectivity index (χ0) is 21.1. The van der Waals surface area contributed by atoms with Crippen LogP contribution in [0.5, 0.6) is 0 Å². The largest absolute Gasteiger partial charge is 0.0622 e. The van der Waals surface area contributed by atoms with Gasteiger partial charge < -0.3 is 0 Å². The van der Waals surface area contributed by atoms with Gasteiger partial charge in [0.1, 0.15) is 0 Å². The molecule has 0 aliphatic heterocycles. The van der Waals surface area contributed by atoms with Crippen LogP contribution in [-0.2, 0) is 25.7 Å². The predicted molar refractivity (Wildman–Crippen MR) is 136 cm³/mol. The highest BCUT2D eigenvalue weighted by molar-refractivity contribution is 6.23. The van der Waals surface area contributed by atoms with Crippen LogP contribution in [0.4, 0.5) is 0 Å². The summed E-state index contributed by atoms with van der Waals surface area (Å²) in [5, 5.41) is 5.86. The van der Waals surface area contributed by atoms with Gasteiger partial charge in [0.15, 0.2) is 0 Å². The van der Waals surface area contributed by atoms with Gasteiger partial charge in [-0.2, -0.15) is 0 Å². The van der Waals surface area contributed by atoms with Gasteiger partial charge >= 0.3 is 0 Å². The van der Waals surface area contributed by atoms with Crippen LogP contribution in [0.2, 0.25) is 0 Å². The average Bonchev–Trinajstić information content (AvgIpc) is 3.53. The maximum absolute atomic E-state index is 2.35. The van der Waals surface area contributed by atoms with E-state index in [1.807, 2.05) is 0 Å². The third-order valence-corrected chi connectivity index (χ3v) is 7.74. The number of fused-ring (bicyclic) bond motifs is 7. The van der Waals surface area contributed by atoms with Crippen molar-refractivity contribution in [2.45, 2.75) is 38.5 Å². The summed E-state index contributed by atoms with van der Waals surface area (Å²) in [6, 6.07) is 31.4. The molecule has 0 saturated heterocycles. The monoisotopic (exact) mass is 410 g/mol. The molecule has 5 aromatic carbocycles. The second kappa shape index (κ2) is 7.07. The van der Waals surface area contributed by atoms with Crippen LogP contribution in [0.15, 0.2) is 84.9 Å². The van der Waals surface area contributed by atoms with E-state index in [0.717, 1.165) is 0 Å². The van der Waals surface area contributed by atoms with Crippen molar-refractivity contribution in [3.63, 3.8) is 0 Å². The zero-order valence-corrected chi connectivity index (χ0v) is 18.3. The molecule has 0 radical (unpaired) electrons. The first kappa shape index (κ1) is 18.2. The van der Waals surface area contributed by atoms with Crippen LogP contribution < -0.4 is 0 Å². The van der Waals surface area contributed by atoms with Crippen molar-refractivity contribution in [2.75, 3.05) is 0 Å². The van der Waals surface area contributed by atoms with Gasteiger partial charge in [-0.1, -0.05) is 84.9 Å². The molecule has 0 unspecified atom stereocenters. The molecule has 0 fully saturated rings. The number of hydrogen-bond acceptors (Lipinski definition) is 0. The summed E-state index contributed by atoms with van der Waals surface area (Å²) in [5.74, 6) is 0. The minimum absolute atomic E-state index is 1.21. The molecular formula is C32H26. The van der Waals surface area contributed by atoms with Gasteiger partial charge in [-0.25, -0.2) is 0 Å². The predicted octanol–water partition coefficient (Wildman–Crippen LogP) is 8.30. The lowest BCUT2D eigenvalue weighted by Crippen LogP contribution is -2.01. The molecule has 0 spiro atoms. The summed E-state index contributed by atoms with van der Waals surface area (Å²) in [5.41, 5.74) is 12.3. The molecule has 2 aliphatic carbocycles. The molecule has 0 nitrogen and oxygen atoms in total. The summed E-state index contributed by atoms with van der Waals surface area (Å²) in [4.78, 5) is 0. The first-order valence-corrected chi connectivity index (χ1v) is 12.1. The summed E-state index contributed by atoms with van der Waals surface area (Å²) < 4.78 is 0. The van der Waals surface area contributed by atoms with Crippen molar-refractivity contribution in [1.29, 1.82) is 0 Å². The van der Waals surface area contributed by atoms with Gasteiger partial charge in [-0.3, -0.25) is 0 Å². The molecule has 0 bridgehead atoms. The van der Waals surface area contributed by atoms with Gasteiger partial charge in [0.25, 0.3) is 0 Å². The molecule has 0 amide bonds. The van der Waals surface area contributed by atoms with E-state index in [-0.39, 0.29) is 0 Å². The highest BCUT2D eigenvalue weighted by Crippen LogP contribution is 2.50. The molecule has 0 heterocycles. The molecule has 0 aromatic heterocycles. The molecule has 2 aliphatic rings. The second-order valence-electron chi connectivity index (χ2n) is 9.40. The van der Waals surface area contributed by atoms with E-state index in [4.69, 9.17) is 0 Å². The summed E-state index contributed by atoms with van der Waals surface area (Å²) >= 11 is 0. The number of aryl methyl sites for hydroxylation is 2. The lowest BCUT2D eigenvalue weighted by atomic mass is 9.80. The smallest absolute Gasteiger partial charge is 0.00234 e. The normalized spacial score (nSPS) is 14.8. The number of rotatable bonds is 2. The third kappa shape index (κ3) is 2.50. The first-order chi connectivity index (χ1) is 15.9. The Hall–Kier alpha value is -3.38. The Kier molecular flexibility index (Phi) is 4.02. The molecule has 0 atom stereocenters. The van der Waals surface area contributed by atoms with E-state index in [9.17, 15) is 0 Å². The molecule has 7 rings (SSSR count). The van der Waals surface area contributed by atoms with Gasteiger partial charge in [0.2, 0.25) is 0 Å². The molecule has 32 heavy (non-hydrogen) atoms. The molecule has 154 valence electrons. The van der Waals surface area contributed by atoms with Crippen molar-refractivity contribution in [3.05, 3.63) is 107 Å². The number of benzene rings is 5.